The van der Waals surface area contributed by atoms with Crippen LogP contribution in [0.2, 0.25) is 0 Å². The van der Waals surface area contributed by atoms with Crippen molar-refractivity contribution >= 4 is 5.57 Å². The monoisotopic (exact) mass is 430 g/mol. The van der Waals surface area contributed by atoms with Crippen molar-refractivity contribution in [3.8, 4) is 22.6 Å². The molecule has 0 radical (unpaired) electrons. The molecule has 1 heterocycles. The van der Waals surface area contributed by atoms with Gasteiger partial charge in [0.1, 0.15) is 24.4 Å². The Morgan fingerprint density at radius 1 is 1.00 bits per heavy atom. The molecule has 166 valence electrons. The summed E-state index contributed by atoms with van der Waals surface area (Å²) in [5.74, 6) is 0.337. The molecule has 2 aromatic rings. The number of ether oxygens (including phenoxy) is 3. The molecule has 1 aliphatic carbocycles. The summed E-state index contributed by atoms with van der Waals surface area (Å²) in [4.78, 5) is 0. The zero-order chi connectivity index (χ0) is 22.1. The van der Waals surface area contributed by atoms with Gasteiger partial charge in [-0.05, 0) is 46.4 Å². The first-order valence-electron chi connectivity index (χ1n) is 10.1. The van der Waals surface area contributed by atoms with Gasteiger partial charge in [0.05, 0.1) is 20.3 Å². The minimum atomic E-state index is -1.51. The number of fused-ring (bicyclic) bond motifs is 3. The van der Waals surface area contributed by atoms with Crippen molar-refractivity contribution < 1.29 is 39.7 Å². The molecule has 0 aromatic heterocycles. The first-order valence-corrected chi connectivity index (χ1v) is 10.1. The largest absolute Gasteiger partial charge is 0.504 e. The third-order valence-corrected chi connectivity index (χ3v) is 5.79. The quantitative estimate of drug-likeness (QED) is 0.472. The fourth-order valence-electron chi connectivity index (χ4n) is 4.04. The summed E-state index contributed by atoms with van der Waals surface area (Å²) < 4.78 is 16.5. The van der Waals surface area contributed by atoms with Crippen LogP contribution < -0.4 is 4.74 Å². The molecule has 8 heteroatoms. The van der Waals surface area contributed by atoms with Gasteiger partial charge in [-0.3, -0.25) is 0 Å². The number of aromatic hydroxyl groups is 1. The summed E-state index contributed by atoms with van der Waals surface area (Å²) in [7, 11) is 1.47. The van der Waals surface area contributed by atoms with Crippen molar-refractivity contribution in [1.82, 2.24) is 0 Å². The van der Waals surface area contributed by atoms with Crippen LogP contribution in [0.3, 0.4) is 0 Å². The van der Waals surface area contributed by atoms with E-state index in [-0.39, 0.29) is 12.4 Å². The molecule has 1 fully saturated rings. The standard InChI is InChI=1S/C23H26O8/c1-29-18-9-15-13(11-30-23-22(28)21(27)20(26)19(10-24)31-23)7-6-12-4-2-3-5-14(12)16(15)8-17(18)25/h2-5,7-9,19-28H,6,10-11H2,1H3/t19-,20-,21+,22-,23-/m0/s1. The van der Waals surface area contributed by atoms with Crippen LogP contribution >= 0.6 is 0 Å². The van der Waals surface area contributed by atoms with E-state index < -0.39 is 37.3 Å². The smallest absolute Gasteiger partial charge is 0.187 e. The number of allylic oxidation sites excluding steroid dienone is 1. The topological polar surface area (TPSA) is 129 Å². The number of hydrogen-bond acceptors (Lipinski definition) is 8. The summed E-state index contributed by atoms with van der Waals surface area (Å²) in [6.45, 7) is -0.500. The van der Waals surface area contributed by atoms with Gasteiger partial charge in [0, 0.05) is 0 Å². The number of phenols is 1. The molecular formula is C23H26O8. The Hall–Kier alpha value is -2.46. The maximum absolute atomic E-state index is 10.3. The van der Waals surface area contributed by atoms with E-state index in [1.807, 2.05) is 30.3 Å². The highest BCUT2D eigenvalue weighted by atomic mass is 16.7. The van der Waals surface area contributed by atoms with Gasteiger partial charge >= 0.3 is 0 Å². The molecule has 0 unspecified atom stereocenters. The van der Waals surface area contributed by atoms with Gasteiger partial charge in [-0.25, -0.2) is 0 Å². The predicted octanol–water partition coefficient (Wildman–Crippen LogP) is 0.824. The Morgan fingerprint density at radius 2 is 1.77 bits per heavy atom. The first-order chi connectivity index (χ1) is 14.9. The van der Waals surface area contributed by atoms with Crippen LogP contribution in [0.15, 0.2) is 42.5 Å². The Labute approximate surface area is 179 Å². The molecule has 0 amide bonds. The molecule has 5 atom stereocenters. The summed E-state index contributed by atoms with van der Waals surface area (Å²) >= 11 is 0. The van der Waals surface area contributed by atoms with Crippen LogP contribution in [0.25, 0.3) is 16.7 Å². The molecule has 5 N–H and O–H groups in total. The minimum absolute atomic E-state index is 0.0205. The van der Waals surface area contributed by atoms with Gasteiger partial charge in [0.25, 0.3) is 0 Å². The average molecular weight is 430 g/mol. The lowest BCUT2D eigenvalue weighted by Gasteiger charge is -2.39. The fourth-order valence-corrected chi connectivity index (χ4v) is 4.04. The highest BCUT2D eigenvalue weighted by molar-refractivity contribution is 5.87. The second-order valence-electron chi connectivity index (χ2n) is 7.67. The zero-order valence-corrected chi connectivity index (χ0v) is 17.0. The SMILES string of the molecule is COc1cc2c(cc1O)-c1ccccc1CC=C2CO[C@H]1O[C@@H](CO)[C@H](O)[C@@H](O)[C@@H]1O. The Balaban J connectivity index is 1.64. The fraction of sp³-hybridized carbons (Fsp3) is 0.391. The van der Waals surface area contributed by atoms with Crippen LogP contribution in [0.5, 0.6) is 11.5 Å². The summed E-state index contributed by atoms with van der Waals surface area (Å²) in [5, 5.41) is 49.9. The molecule has 4 rings (SSSR count). The van der Waals surface area contributed by atoms with Gasteiger partial charge in [-0.15, -0.1) is 0 Å². The third kappa shape index (κ3) is 4.06. The number of methoxy groups -OCH3 is 1. The highest BCUT2D eigenvalue weighted by Crippen LogP contribution is 2.41. The summed E-state index contributed by atoms with van der Waals surface area (Å²) in [6, 6.07) is 11.3. The molecule has 31 heavy (non-hydrogen) atoms. The van der Waals surface area contributed by atoms with Gasteiger partial charge in [-0.2, -0.15) is 0 Å². The Morgan fingerprint density at radius 3 is 2.52 bits per heavy atom. The molecular weight excluding hydrogens is 404 g/mol. The van der Waals surface area contributed by atoms with E-state index in [1.54, 1.807) is 12.1 Å². The highest BCUT2D eigenvalue weighted by Gasteiger charge is 2.44. The van der Waals surface area contributed by atoms with Crippen molar-refractivity contribution in [2.45, 2.75) is 37.1 Å². The van der Waals surface area contributed by atoms with Crippen LogP contribution in [0.4, 0.5) is 0 Å². The normalized spacial score (nSPS) is 27.6. The molecule has 2 aliphatic rings. The number of aliphatic hydroxyl groups is 4. The van der Waals surface area contributed by atoms with E-state index in [9.17, 15) is 25.5 Å². The Kier molecular flexibility index (Phi) is 6.29. The molecule has 0 saturated carbocycles. The molecule has 0 bridgehead atoms. The van der Waals surface area contributed by atoms with Crippen LogP contribution in [-0.2, 0) is 15.9 Å². The lowest BCUT2D eigenvalue weighted by atomic mass is 9.94. The molecule has 0 spiro atoms. The second-order valence-corrected chi connectivity index (χ2v) is 7.67. The number of hydrogen-bond donors (Lipinski definition) is 5. The van der Waals surface area contributed by atoms with E-state index in [1.165, 1.54) is 7.11 Å². The predicted molar refractivity (Wildman–Crippen MR) is 111 cm³/mol. The van der Waals surface area contributed by atoms with Crippen molar-refractivity contribution in [2.75, 3.05) is 20.3 Å². The zero-order valence-electron chi connectivity index (χ0n) is 17.0. The van der Waals surface area contributed by atoms with E-state index in [4.69, 9.17) is 14.2 Å². The summed E-state index contributed by atoms with van der Waals surface area (Å²) in [5.41, 5.74) is 4.45. The van der Waals surface area contributed by atoms with Crippen LogP contribution in [0, 0.1) is 0 Å². The Bertz CT molecular complexity index is 970. The minimum Gasteiger partial charge on any atom is -0.504 e. The lowest BCUT2D eigenvalue weighted by Crippen LogP contribution is -2.59. The van der Waals surface area contributed by atoms with E-state index in [0.717, 1.165) is 27.8 Å². The van der Waals surface area contributed by atoms with Crippen molar-refractivity contribution in [3.63, 3.8) is 0 Å². The van der Waals surface area contributed by atoms with Gasteiger partial charge < -0.3 is 39.7 Å². The molecule has 8 nitrogen and oxygen atoms in total. The summed E-state index contributed by atoms with van der Waals surface area (Å²) in [6.07, 6.45) is -4.08. The molecule has 1 aliphatic heterocycles. The second kappa shape index (κ2) is 8.96. The molecule has 2 aromatic carbocycles. The van der Waals surface area contributed by atoms with E-state index in [0.29, 0.717) is 12.2 Å². The van der Waals surface area contributed by atoms with Crippen LogP contribution in [0.1, 0.15) is 11.1 Å². The lowest BCUT2D eigenvalue weighted by molar-refractivity contribution is -0.297. The number of benzene rings is 2. The average Bonchev–Trinajstić information content (AvgIpc) is 2.93. The van der Waals surface area contributed by atoms with Gasteiger partial charge in [0.15, 0.2) is 17.8 Å². The van der Waals surface area contributed by atoms with Crippen molar-refractivity contribution in [3.05, 3.63) is 53.6 Å². The third-order valence-electron chi connectivity index (χ3n) is 5.79. The maximum Gasteiger partial charge on any atom is 0.187 e. The van der Waals surface area contributed by atoms with E-state index >= 15 is 0 Å². The van der Waals surface area contributed by atoms with Crippen molar-refractivity contribution in [1.29, 1.82) is 0 Å². The number of phenolic OH excluding ortho intramolecular Hbond substituents is 1. The van der Waals surface area contributed by atoms with Crippen LogP contribution in [-0.4, -0.2) is 76.6 Å². The first kappa shape index (κ1) is 21.8. The van der Waals surface area contributed by atoms with Gasteiger partial charge in [-0.1, -0.05) is 30.3 Å². The van der Waals surface area contributed by atoms with Gasteiger partial charge in [0.2, 0.25) is 0 Å². The van der Waals surface area contributed by atoms with E-state index in [2.05, 4.69) is 0 Å². The maximum atomic E-state index is 10.3. The number of aliphatic hydroxyl groups excluding tert-OH is 4. The van der Waals surface area contributed by atoms with Crippen molar-refractivity contribution in [2.24, 2.45) is 0 Å². The molecule has 1 saturated heterocycles. The number of rotatable bonds is 5.